The lowest BCUT2D eigenvalue weighted by atomic mass is 10.1. The average Bonchev–Trinajstić information content (AvgIpc) is 3.17. The topological polar surface area (TPSA) is 88.1 Å². The minimum Gasteiger partial charge on any atom is -0.497 e. The van der Waals surface area contributed by atoms with E-state index in [1.165, 1.54) is 29.2 Å². The predicted octanol–water partition coefficient (Wildman–Crippen LogP) is 5.15. The number of hydrogen-bond donors (Lipinski definition) is 1. The van der Waals surface area contributed by atoms with Gasteiger partial charge in [0.25, 0.3) is 0 Å². The first-order chi connectivity index (χ1) is 15.6. The zero-order valence-corrected chi connectivity index (χ0v) is 19.9. The fourth-order valence-electron chi connectivity index (χ4n) is 3.28. The average molecular weight is 452 g/mol. The van der Waals surface area contributed by atoms with Gasteiger partial charge in [0.2, 0.25) is 0 Å². The molecule has 0 aliphatic heterocycles. The molecule has 2 heterocycles. The third kappa shape index (κ3) is 5.13. The Balaban J connectivity index is 0.00000141. The van der Waals surface area contributed by atoms with Crippen molar-refractivity contribution < 1.29 is 9.47 Å². The van der Waals surface area contributed by atoms with Crippen molar-refractivity contribution in [2.75, 3.05) is 20.0 Å². The Morgan fingerprint density at radius 3 is 2.56 bits per heavy atom. The quantitative estimate of drug-likeness (QED) is 0.415. The molecule has 0 saturated heterocycles. The summed E-state index contributed by atoms with van der Waals surface area (Å²) in [6.45, 7) is 6.81. The van der Waals surface area contributed by atoms with Crippen molar-refractivity contribution in [2.24, 2.45) is 0 Å². The number of aryl methyl sites for hydroxylation is 3. The van der Waals surface area contributed by atoms with Crippen LogP contribution in [0.5, 0.6) is 11.5 Å². The molecule has 4 aromatic rings. The number of aromatic nitrogens is 4. The molecule has 0 fully saturated rings. The zero-order chi connectivity index (χ0) is 23.1. The normalized spacial score (nSPS) is 10.5. The van der Waals surface area contributed by atoms with E-state index in [0.717, 1.165) is 33.6 Å². The van der Waals surface area contributed by atoms with Crippen molar-refractivity contribution in [3.8, 4) is 11.5 Å². The smallest absolute Gasteiger partial charge is 0.175 e. The minimum absolute atomic E-state index is 0.369. The molecule has 0 aliphatic carbocycles. The molecular formula is C24H29N5O2S. The SMILES string of the molecule is CC.COc1ccc(OC)c(Sc2nc3c(N)ncnc3n2CCc2cccc(C)c2)c1. The Hall–Kier alpha value is -3.26. The van der Waals surface area contributed by atoms with Gasteiger partial charge in [0.1, 0.15) is 17.8 Å². The predicted molar refractivity (Wildman–Crippen MR) is 130 cm³/mol. The summed E-state index contributed by atoms with van der Waals surface area (Å²) in [5.74, 6) is 1.87. The maximum atomic E-state index is 6.08. The molecule has 0 unspecified atom stereocenters. The van der Waals surface area contributed by atoms with Crippen LogP contribution in [0.25, 0.3) is 11.2 Å². The van der Waals surface area contributed by atoms with Gasteiger partial charge in [-0.05, 0) is 48.9 Å². The first-order valence-corrected chi connectivity index (χ1v) is 11.3. The maximum Gasteiger partial charge on any atom is 0.175 e. The van der Waals surface area contributed by atoms with Crippen molar-refractivity contribution in [3.63, 3.8) is 0 Å². The minimum atomic E-state index is 0.369. The Morgan fingerprint density at radius 1 is 1.03 bits per heavy atom. The number of imidazole rings is 1. The van der Waals surface area contributed by atoms with Crippen LogP contribution >= 0.6 is 11.8 Å². The zero-order valence-electron chi connectivity index (χ0n) is 19.1. The lowest BCUT2D eigenvalue weighted by molar-refractivity contribution is 0.394. The van der Waals surface area contributed by atoms with Gasteiger partial charge in [-0.25, -0.2) is 15.0 Å². The molecular weight excluding hydrogens is 422 g/mol. The summed E-state index contributed by atoms with van der Waals surface area (Å²) in [4.78, 5) is 14.2. The molecule has 8 heteroatoms. The van der Waals surface area contributed by atoms with Crippen LogP contribution in [0.3, 0.4) is 0 Å². The van der Waals surface area contributed by atoms with E-state index >= 15 is 0 Å². The van der Waals surface area contributed by atoms with Gasteiger partial charge < -0.3 is 19.8 Å². The highest BCUT2D eigenvalue weighted by Gasteiger charge is 2.18. The molecule has 2 aromatic carbocycles. The largest absolute Gasteiger partial charge is 0.497 e. The van der Waals surface area contributed by atoms with E-state index < -0.39 is 0 Å². The molecule has 0 radical (unpaired) electrons. The van der Waals surface area contributed by atoms with Crippen molar-refractivity contribution in [2.45, 2.75) is 43.8 Å². The van der Waals surface area contributed by atoms with Crippen LogP contribution in [0.2, 0.25) is 0 Å². The Morgan fingerprint density at radius 2 is 1.84 bits per heavy atom. The monoisotopic (exact) mass is 451 g/mol. The molecule has 168 valence electrons. The van der Waals surface area contributed by atoms with Gasteiger partial charge in [0.15, 0.2) is 22.1 Å². The standard InChI is InChI=1S/C22H23N5O2S.C2H6/c1-14-5-4-6-15(11-14)9-10-27-21-19(20(23)24-13-25-21)26-22(27)30-18-12-16(28-2)7-8-17(18)29-3;1-2/h4-8,11-13H,9-10H2,1-3H3,(H2,23,24,25);1-2H3. The fraction of sp³-hybridized carbons (Fsp3) is 0.292. The highest BCUT2D eigenvalue weighted by molar-refractivity contribution is 7.99. The van der Waals surface area contributed by atoms with E-state index in [4.69, 9.17) is 20.2 Å². The number of nitrogens with two attached hydrogens (primary N) is 1. The summed E-state index contributed by atoms with van der Waals surface area (Å²) in [5.41, 5.74) is 9.90. The Kier molecular flexibility index (Phi) is 7.94. The number of fused-ring (bicyclic) bond motifs is 1. The first kappa shape index (κ1) is 23.4. The number of nitrogen functional groups attached to an aromatic ring is 1. The molecule has 2 aromatic heterocycles. The van der Waals surface area contributed by atoms with E-state index in [9.17, 15) is 0 Å². The molecule has 4 rings (SSSR count). The highest BCUT2D eigenvalue weighted by atomic mass is 32.2. The van der Waals surface area contributed by atoms with Crippen LogP contribution in [0.15, 0.2) is 58.8 Å². The van der Waals surface area contributed by atoms with E-state index in [0.29, 0.717) is 17.9 Å². The number of methoxy groups -OCH3 is 2. The molecule has 2 N–H and O–H groups in total. The van der Waals surface area contributed by atoms with Gasteiger partial charge in [-0.3, -0.25) is 0 Å². The van der Waals surface area contributed by atoms with Crippen molar-refractivity contribution in [3.05, 3.63) is 59.9 Å². The first-order valence-electron chi connectivity index (χ1n) is 10.5. The van der Waals surface area contributed by atoms with Gasteiger partial charge in [-0.1, -0.05) is 43.7 Å². The summed E-state index contributed by atoms with van der Waals surface area (Å²) in [6, 6.07) is 14.2. The third-order valence-corrected chi connectivity index (χ3v) is 5.84. The van der Waals surface area contributed by atoms with Gasteiger partial charge >= 0.3 is 0 Å². The van der Waals surface area contributed by atoms with Crippen molar-refractivity contribution >= 4 is 28.7 Å². The molecule has 0 spiro atoms. The number of rotatable bonds is 7. The van der Waals surface area contributed by atoms with Crippen LogP contribution in [-0.4, -0.2) is 33.7 Å². The van der Waals surface area contributed by atoms with E-state index in [1.54, 1.807) is 14.2 Å². The lowest BCUT2D eigenvalue weighted by Gasteiger charge is -2.12. The second-order valence-corrected chi connectivity index (χ2v) is 7.84. The number of ether oxygens (including phenoxy) is 2. The van der Waals surface area contributed by atoms with Crippen LogP contribution in [0, 0.1) is 6.92 Å². The van der Waals surface area contributed by atoms with Crippen LogP contribution in [-0.2, 0) is 13.0 Å². The van der Waals surface area contributed by atoms with Crippen LogP contribution < -0.4 is 15.2 Å². The summed E-state index contributed by atoms with van der Waals surface area (Å²) in [5, 5.41) is 0.774. The molecule has 0 atom stereocenters. The van der Waals surface area contributed by atoms with Gasteiger partial charge in [0, 0.05) is 6.54 Å². The second kappa shape index (κ2) is 10.9. The summed E-state index contributed by atoms with van der Waals surface area (Å²) in [6.07, 6.45) is 2.32. The maximum absolute atomic E-state index is 6.08. The number of hydrogen-bond acceptors (Lipinski definition) is 7. The fourth-order valence-corrected chi connectivity index (χ4v) is 4.33. The van der Waals surface area contributed by atoms with E-state index in [2.05, 4.69) is 45.7 Å². The molecule has 7 nitrogen and oxygen atoms in total. The number of nitrogens with zero attached hydrogens (tertiary/aromatic N) is 4. The molecule has 0 bridgehead atoms. The van der Waals surface area contributed by atoms with Crippen LogP contribution in [0.1, 0.15) is 25.0 Å². The van der Waals surface area contributed by atoms with Crippen molar-refractivity contribution in [1.29, 1.82) is 0 Å². The Labute approximate surface area is 193 Å². The second-order valence-electron chi connectivity index (χ2n) is 6.84. The summed E-state index contributed by atoms with van der Waals surface area (Å²) >= 11 is 1.49. The summed E-state index contributed by atoms with van der Waals surface area (Å²) in [7, 11) is 3.29. The molecule has 0 amide bonds. The number of anilines is 1. The Bertz CT molecular complexity index is 1190. The molecule has 0 saturated carbocycles. The van der Waals surface area contributed by atoms with Gasteiger partial charge in [0.05, 0.1) is 19.1 Å². The molecule has 0 aliphatic rings. The highest BCUT2D eigenvalue weighted by Crippen LogP contribution is 2.38. The van der Waals surface area contributed by atoms with Crippen molar-refractivity contribution in [1.82, 2.24) is 19.5 Å². The third-order valence-electron chi connectivity index (χ3n) is 4.80. The van der Waals surface area contributed by atoms with E-state index in [1.807, 2.05) is 32.0 Å². The van der Waals surface area contributed by atoms with Gasteiger partial charge in [-0.2, -0.15) is 0 Å². The molecule has 32 heavy (non-hydrogen) atoms. The number of benzene rings is 2. The van der Waals surface area contributed by atoms with Crippen LogP contribution in [0.4, 0.5) is 5.82 Å². The van der Waals surface area contributed by atoms with E-state index in [-0.39, 0.29) is 0 Å². The van der Waals surface area contributed by atoms with Gasteiger partial charge in [-0.15, -0.1) is 0 Å². The summed E-state index contributed by atoms with van der Waals surface area (Å²) < 4.78 is 13.0. The lowest BCUT2D eigenvalue weighted by Crippen LogP contribution is -2.05.